The SMILES string of the molecule is Cc1cccc(Cl)c1OC(=O)NCCN1CCCC1. The minimum Gasteiger partial charge on any atom is -0.408 e. The molecule has 1 fully saturated rings. The van der Waals surface area contributed by atoms with Gasteiger partial charge in [0.15, 0.2) is 5.75 Å². The number of para-hydroxylation sites is 1. The maximum absolute atomic E-state index is 11.7. The Labute approximate surface area is 118 Å². The third kappa shape index (κ3) is 4.11. The summed E-state index contributed by atoms with van der Waals surface area (Å²) in [6.45, 7) is 5.58. The van der Waals surface area contributed by atoms with E-state index in [1.165, 1.54) is 12.8 Å². The van der Waals surface area contributed by atoms with Crippen molar-refractivity contribution >= 4 is 17.7 Å². The predicted molar refractivity (Wildman–Crippen MR) is 75.9 cm³/mol. The van der Waals surface area contributed by atoms with E-state index < -0.39 is 6.09 Å². The van der Waals surface area contributed by atoms with E-state index >= 15 is 0 Å². The number of halogens is 1. The molecule has 5 heteroatoms. The molecule has 19 heavy (non-hydrogen) atoms. The number of hydrogen-bond donors (Lipinski definition) is 1. The normalized spacial score (nSPS) is 15.5. The van der Waals surface area contributed by atoms with Crippen LogP contribution in [0.4, 0.5) is 4.79 Å². The third-order valence-electron chi connectivity index (χ3n) is 3.25. The van der Waals surface area contributed by atoms with Crippen molar-refractivity contribution in [3.8, 4) is 5.75 Å². The van der Waals surface area contributed by atoms with Gasteiger partial charge in [-0.1, -0.05) is 23.7 Å². The summed E-state index contributed by atoms with van der Waals surface area (Å²) in [7, 11) is 0. The molecular formula is C14H19ClN2O2. The molecule has 1 aliphatic heterocycles. The van der Waals surface area contributed by atoms with Gasteiger partial charge in [0.2, 0.25) is 0 Å². The molecule has 4 nitrogen and oxygen atoms in total. The minimum absolute atomic E-state index is 0.433. The smallest absolute Gasteiger partial charge is 0.408 e. The molecule has 0 unspecified atom stereocenters. The Morgan fingerprint density at radius 1 is 1.42 bits per heavy atom. The van der Waals surface area contributed by atoms with E-state index in [4.69, 9.17) is 16.3 Å². The van der Waals surface area contributed by atoms with E-state index in [-0.39, 0.29) is 0 Å². The number of likely N-dealkylation sites (tertiary alicyclic amines) is 1. The maximum Gasteiger partial charge on any atom is 0.412 e. The molecular weight excluding hydrogens is 264 g/mol. The molecule has 1 aromatic carbocycles. The summed E-state index contributed by atoms with van der Waals surface area (Å²) in [5, 5.41) is 3.20. The van der Waals surface area contributed by atoms with Gasteiger partial charge in [-0.05, 0) is 44.5 Å². The van der Waals surface area contributed by atoms with E-state index in [9.17, 15) is 4.79 Å². The zero-order valence-corrected chi connectivity index (χ0v) is 11.9. The third-order valence-corrected chi connectivity index (χ3v) is 3.55. The van der Waals surface area contributed by atoms with Crippen molar-refractivity contribution < 1.29 is 9.53 Å². The van der Waals surface area contributed by atoms with Crippen molar-refractivity contribution in [3.05, 3.63) is 28.8 Å². The molecule has 0 bridgehead atoms. The summed E-state index contributed by atoms with van der Waals surface area (Å²) >= 11 is 6.00. The number of benzene rings is 1. The molecule has 1 N–H and O–H groups in total. The average Bonchev–Trinajstić information content (AvgIpc) is 2.87. The second kappa shape index (κ2) is 6.78. The van der Waals surface area contributed by atoms with Crippen molar-refractivity contribution in [2.24, 2.45) is 0 Å². The number of carbonyl (C=O) groups is 1. The highest BCUT2D eigenvalue weighted by molar-refractivity contribution is 6.32. The first kappa shape index (κ1) is 14.2. The van der Waals surface area contributed by atoms with Crippen molar-refractivity contribution in [3.63, 3.8) is 0 Å². The topological polar surface area (TPSA) is 41.6 Å². The molecule has 104 valence electrons. The summed E-state index contributed by atoms with van der Waals surface area (Å²) in [4.78, 5) is 14.0. The van der Waals surface area contributed by atoms with Gasteiger partial charge in [0.1, 0.15) is 0 Å². The fourth-order valence-corrected chi connectivity index (χ4v) is 2.46. The fourth-order valence-electron chi connectivity index (χ4n) is 2.20. The number of hydrogen-bond acceptors (Lipinski definition) is 3. The molecule has 0 aromatic heterocycles. The molecule has 1 heterocycles. The van der Waals surface area contributed by atoms with Crippen molar-refractivity contribution in [1.29, 1.82) is 0 Å². The molecule has 2 rings (SSSR count). The highest BCUT2D eigenvalue weighted by Crippen LogP contribution is 2.27. The fraction of sp³-hybridized carbons (Fsp3) is 0.500. The van der Waals surface area contributed by atoms with Gasteiger partial charge in [-0.15, -0.1) is 0 Å². The Bertz CT molecular complexity index is 425. The first-order chi connectivity index (χ1) is 9.16. The number of ether oxygens (including phenoxy) is 1. The number of aryl methyl sites for hydroxylation is 1. The molecule has 1 saturated heterocycles. The number of nitrogens with zero attached hydrogens (tertiary/aromatic N) is 1. The lowest BCUT2D eigenvalue weighted by Crippen LogP contribution is -2.35. The standard InChI is InChI=1S/C14H19ClN2O2/c1-11-5-4-6-12(15)13(11)19-14(18)16-7-10-17-8-2-3-9-17/h4-6H,2-3,7-10H2,1H3,(H,16,18). The number of nitrogens with one attached hydrogen (secondary N) is 1. The lowest BCUT2D eigenvalue weighted by Gasteiger charge is -2.15. The van der Waals surface area contributed by atoms with Gasteiger partial charge in [0, 0.05) is 13.1 Å². The van der Waals surface area contributed by atoms with Crippen LogP contribution in [0.3, 0.4) is 0 Å². The van der Waals surface area contributed by atoms with Crippen LogP contribution in [-0.2, 0) is 0 Å². The Morgan fingerprint density at radius 3 is 2.84 bits per heavy atom. The molecule has 0 atom stereocenters. The monoisotopic (exact) mass is 282 g/mol. The Kier molecular flexibility index (Phi) is 5.05. The van der Waals surface area contributed by atoms with Crippen LogP contribution >= 0.6 is 11.6 Å². The minimum atomic E-state index is -0.449. The molecule has 0 radical (unpaired) electrons. The summed E-state index contributed by atoms with van der Waals surface area (Å²) < 4.78 is 5.24. The van der Waals surface area contributed by atoms with Crippen LogP contribution in [0.5, 0.6) is 5.75 Å². The van der Waals surface area contributed by atoms with Gasteiger partial charge in [-0.25, -0.2) is 4.79 Å². The lowest BCUT2D eigenvalue weighted by molar-refractivity contribution is 0.198. The van der Waals surface area contributed by atoms with E-state index in [0.717, 1.165) is 25.2 Å². The van der Waals surface area contributed by atoms with Crippen molar-refractivity contribution in [1.82, 2.24) is 10.2 Å². The number of carbonyl (C=O) groups excluding carboxylic acids is 1. The van der Waals surface area contributed by atoms with Crippen LogP contribution in [0.2, 0.25) is 5.02 Å². The Hall–Kier alpha value is -1.26. The highest BCUT2D eigenvalue weighted by Gasteiger charge is 2.13. The zero-order valence-electron chi connectivity index (χ0n) is 11.1. The first-order valence-corrected chi connectivity index (χ1v) is 6.98. The van der Waals surface area contributed by atoms with Gasteiger partial charge in [0.05, 0.1) is 5.02 Å². The van der Waals surface area contributed by atoms with E-state index in [1.807, 2.05) is 19.1 Å². The molecule has 1 amide bonds. The van der Waals surface area contributed by atoms with Crippen LogP contribution in [0.25, 0.3) is 0 Å². The molecule has 0 aliphatic carbocycles. The predicted octanol–water partition coefficient (Wildman–Crippen LogP) is 2.83. The number of rotatable bonds is 4. The Balaban J connectivity index is 1.77. The molecule has 1 aliphatic rings. The van der Waals surface area contributed by atoms with Gasteiger partial charge < -0.3 is 15.0 Å². The van der Waals surface area contributed by atoms with Crippen molar-refractivity contribution in [2.75, 3.05) is 26.2 Å². The van der Waals surface area contributed by atoms with E-state index in [1.54, 1.807) is 6.07 Å². The van der Waals surface area contributed by atoms with Crippen LogP contribution in [-0.4, -0.2) is 37.2 Å². The van der Waals surface area contributed by atoms with Crippen molar-refractivity contribution in [2.45, 2.75) is 19.8 Å². The quantitative estimate of drug-likeness (QED) is 0.923. The lowest BCUT2D eigenvalue weighted by atomic mass is 10.2. The Morgan fingerprint density at radius 2 is 2.16 bits per heavy atom. The second-order valence-corrected chi connectivity index (χ2v) is 5.16. The van der Waals surface area contributed by atoms with Crippen LogP contribution in [0, 0.1) is 6.92 Å². The summed E-state index contributed by atoms with van der Waals surface area (Å²) in [5.74, 6) is 0.433. The van der Waals surface area contributed by atoms with E-state index in [0.29, 0.717) is 17.3 Å². The van der Waals surface area contributed by atoms with Crippen LogP contribution in [0.1, 0.15) is 18.4 Å². The summed E-state index contributed by atoms with van der Waals surface area (Å²) in [6, 6.07) is 5.40. The highest BCUT2D eigenvalue weighted by atomic mass is 35.5. The zero-order chi connectivity index (χ0) is 13.7. The van der Waals surface area contributed by atoms with Crippen LogP contribution < -0.4 is 10.1 Å². The molecule has 1 aromatic rings. The van der Waals surface area contributed by atoms with Crippen LogP contribution in [0.15, 0.2) is 18.2 Å². The van der Waals surface area contributed by atoms with Gasteiger partial charge in [-0.2, -0.15) is 0 Å². The van der Waals surface area contributed by atoms with E-state index in [2.05, 4.69) is 10.2 Å². The second-order valence-electron chi connectivity index (χ2n) is 4.75. The number of amides is 1. The molecule has 0 saturated carbocycles. The molecule has 0 spiro atoms. The summed E-state index contributed by atoms with van der Waals surface area (Å²) in [6.07, 6.45) is 2.06. The van der Waals surface area contributed by atoms with Gasteiger partial charge >= 0.3 is 6.09 Å². The first-order valence-electron chi connectivity index (χ1n) is 6.60. The average molecular weight is 283 g/mol. The summed E-state index contributed by atoms with van der Waals surface area (Å²) in [5.41, 5.74) is 0.849. The maximum atomic E-state index is 11.7. The van der Waals surface area contributed by atoms with Gasteiger partial charge in [0.25, 0.3) is 0 Å². The largest absolute Gasteiger partial charge is 0.412 e. The van der Waals surface area contributed by atoms with Gasteiger partial charge in [-0.3, -0.25) is 0 Å².